The van der Waals surface area contributed by atoms with Crippen molar-refractivity contribution >= 4 is 15.9 Å². The SMILES string of the molecule is Cc1ccc(C)c(CC(N)c2cc(C)c(Br)c(C)c2)c1. The number of nitrogens with two attached hydrogens (primary N) is 1. The Kier molecular flexibility index (Phi) is 4.66. The molecule has 1 nitrogen and oxygen atoms in total. The van der Waals surface area contributed by atoms with Crippen LogP contribution in [0.25, 0.3) is 0 Å². The van der Waals surface area contributed by atoms with Crippen LogP contribution in [0.1, 0.15) is 39.4 Å². The average molecular weight is 332 g/mol. The van der Waals surface area contributed by atoms with Gasteiger partial charge in [-0.15, -0.1) is 0 Å². The first-order chi connectivity index (χ1) is 9.38. The molecule has 0 aliphatic carbocycles. The van der Waals surface area contributed by atoms with Crippen LogP contribution in [0.2, 0.25) is 0 Å². The predicted octanol–water partition coefficient (Wildman–Crippen LogP) is 4.93. The number of aryl methyl sites for hydroxylation is 4. The second kappa shape index (κ2) is 6.11. The van der Waals surface area contributed by atoms with Gasteiger partial charge in [-0.2, -0.15) is 0 Å². The molecule has 1 unspecified atom stereocenters. The van der Waals surface area contributed by atoms with Crippen LogP contribution < -0.4 is 5.73 Å². The third-order valence-electron chi connectivity index (χ3n) is 3.83. The van der Waals surface area contributed by atoms with Crippen molar-refractivity contribution in [2.45, 2.75) is 40.2 Å². The summed E-state index contributed by atoms with van der Waals surface area (Å²) in [6, 6.07) is 11.0. The van der Waals surface area contributed by atoms with Crippen molar-refractivity contribution < 1.29 is 0 Å². The molecule has 0 aromatic heterocycles. The van der Waals surface area contributed by atoms with Crippen molar-refractivity contribution in [2.24, 2.45) is 5.73 Å². The van der Waals surface area contributed by atoms with Gasteiger partial charge < -0.3 is 5.73 Å². The van der Waals surface area contributed by atoms with Crippen LogP contribution in [-0.4, -0.2) is 0 Å². The molecule has 1 atom stereocenters. The van der Waals surface area contributed by atoms with Gasteiger partial charge in [-0.25, -0.2) is 0 Å². The van der Waals surface area contributed by atoms with E-state index in [4.69, 9.17) is 5.73 Å². The van der Waals surface area contributed by atoms with Crippen LogP contribution in [0.15, 0.2) is 34.8 Å². The van der Waals surface area contributed by atoms with Gasteiger partial charge >= 0.3 is 0 Å². The average Bonchev–Trinajstić information content (AvgIpc) is 2.39. The minimum absolute atomic E-state index is 0.0426. The molecule has 0 aliphatic heterocycles. The van der Waals surface area contributed by atoms with Gasteiger partial charge in [-0.3, -0.25) is 0 Å². The molecule has 20 heavy (non-hydrogen) atoms. The van der Waals surface area contributed by atoms with Crippen LogP contribution >= 0.6 is 15.9 Å². The topological polar surface area (TPSA) is 26.0 Å². The first-order valence-electron chi connectivity index (χ1n) is 6.97. The fraction of sp³-hybridized carbons (Fsp3) is 0.333. The summed E-state index contributed by atoms with van der Waals surface area (Å²) in [5.74, 6) is 0. The van der Waals surface area contributed by atoms with Crippen molar-refractivity contribution in [1.29, 1.82) is 0 Å². The quantitative estimate of drug-likeness (QED) is 0.848. The molecule has 2 aromatic rings. The zero-order chi connectivity index (χ0) is 14.9. The first kappa shape index (κ1) is 15.3. The highest BCUT2D eigenvalue weighted by molar-refractivity contribution is 9.10. The minimum Gasteiger partial charge on any atom is -0.324 e. The summed E-state index contributed by atoms with van der Waals surface area (Å²) in [5, 5.41) is 0. The third-order valence-corrected chi connectivity index (χ3v) is 5.08. The second-order valence-electron chi connectivity index (χ2n) is 5.71. The highest BCUT2D eigenvalue weighted by Gasteiger charge is 2.11. The summed E-state index contributed by atoms with van der Waals surface area (Å²) in [6.45, 7) is 8.51. The van der Waals surface area contributed by atoms with E-state index in [0.717, 1.165) is 6.42 Å². The Bertz CT molecular complexity index is 608. The molecule has 0 saturated carbocycles. The monoisotopic (exact) mass is 331 g/mol. The fourth-order valence-corrected chi connectivity index (χ4v) is 2.80. The Balaban J connectivity index is 2.28. The maximum absolute atomic E-state index is 6.42. The van der Waals surface area contributed by atoms with E-state index in [0.29, 0.717) is 0 Å². The smallest absolute Gasteiger partial charge is 0.0336 e. The van der Waals surface area contributed by atoms with E-state index in [2.05, 4.69) is 74.0 Å². The summed E-state index contributed by atoms with van der Waals surface area (Å²) in [5.41, 5.74) is 14.1. The molecule has 0 amide bonds. The molecular formula is C18H22BrN. The Morgan fingerprint density at radius 1 is 0.950 bits per heavy atom. The predicted molar refractivity (Wildman–Crippen MR) is 90.2 cm³/mol. The van der Waals surface area contributed by atoms with E-state index in [9.17, 15) is 0 Å². The Morgan fingerprint density at radius 2 is 1.55 bits per heavy atom. The molecule has 2 N–H and O–H groups in total. The Labute approximate surface area is 130 Å². The van der Waals surface area contributed by atoms with Gasteiger partial charge in [-0.05, 0) is 61.9 Å². The van der Waals surface area contributed by atoms with E-state index in [1.165, 1.54) is 37.9 Å². The zero-order valence-electron chi connectivity index (χ0n) is 12.6. The first-order valence-corrected chi connectivity index (χ1v) is 7.76. The van der Waals surface area contributed by atoms with Crippen molar-refractivity contribution in [3.8, 4) is 0 Å². The molecule has 0 bridgehead atoms. The van der Waals surface area contributed by atoms with E-state index in [-0.39, 0.29) is 6.04 Å². The molecule has 2 aromatic carbocycles. The van der Waals surface area contributed by atoms with Gasteiger partial charge in [0.15, 0.2) is 0 Å². The van der Waals surface area contributed by atoms with Crippen molar-refractivity contribution in [3.05, 3.63) is 68.2 Å². The van der Waals surface area contributed by atoms with E-state index in [1.54, 1.807) is 0 Å². The number of hydrogen-bond acceptors (Lipinski definition) is 1. The largest absolute Gasteiger partial charge is 0.324 e. The molecule has 106 valence electrons. The summed E-state index contributed by atoms with van der Waals surface area (Å²) in [4.78, 5) is 0. The van der Waals surface area contributed by atoms with E-state index in [1.807, 2.05) is 0 Å². The standard InChI is InChI=1S/C18H22BrN/c1-11-5-6-12(2)15(7-11)10-17(20)16-8-13(3)18(19)14(4)9-16/h5-9,17H,10,20H2,1-4H3. The lowest BCUT2D eigenvalue weighted by Gasteiger charge is -2.17. The second-order valence-corrected chi connectivity index (χ2v) is 6.50. The van der Waals surface area contributed by atoms with Crippen molar-refractivity contribution in [2.75, 3.05) is 0 Å². The molecule has 0 aliphatic rings. The molecule has 0 saturated heterocycles. The number of benzene rings is 2. The fourth-order valence-electron chi connectivity index (χ4n) is 2.57. The molecule has 0 heterocycles. The molecule has 0 spiro atoms. The van der Waals surface area contributed by atoms with Crippen LogP contribution in [0.4, 0.5) is 0 Å². The number of hydrogen-bond donors (Lipinski definition) is 1. The van der Waals surface area contributed by atoms with Gasteiger partial charge in [0.1, 0.15) is 0 Å². The highest BCUT2D eigenvalue weighted by atomic mass is 79.9. The molecule has 2 rings (SSSR count). The lowest BCUT2D eigenvalue weighted by Crippen LogP contribution is -2.14. The maximum Gasteiger partial charge on any atom is 0.0336 e. The summed E-state index contributed by atoms with van der Waals surface area (Å²) in [6.07, 6.45) is 0.883. The van der Waals surface area contributed by atoms with Crippen LogP contribution in [-0.2, 0) is 6.42 Å². The summed E-state index contributed by atoms with van der Waals surface area (Å²) in [7, 11) is 0. The van der Waals surface area contributed by atoms with Gasteiger partial charge in [0.2, 0.25) is 0 Å². The third kappa shape index (κ3) is 3.31. The van der Waals surface area contributed by atoms with E-state index >= 15 is 0 Å². The summed E-state index contributed by atoms with van der Waals surface area (Å²) >= 11 is 3.61. The Hall–Kier alpha value is -1.12. The van der Waals surface area contributed by atoms with Gasteiger partial charge in [0, 0.05) is 10.5 Å². The van der Waals surface area contributed by atoms with Crippen molar-refractivity contribution in [1.82, 2.24) is 0 Å². The van der Waals surface area contributed by atoms with Crippen molar-refractivity contribution in [3.63, 3.8) is 0 Å². The number of halogens is 1. The summed E-state index contributed by atoms with van der Waals surface area (Å²) < 4.78 is 1.18. The molecule has 0 fully saturated rings. The molecule has 0 radical (unpaired) electrons. The van der Waals surface area contributed by atoms with Crippen LogP contribution in [0.3, 0.4) is 0 Å². The van der Waals surface area contributed by atoms with Gasteiger partial charge in [-0.1, -0.05) is 51.8 Å². The minimum atomic E-state index is 0.0426. The van der Waals surface area contributed by atoms with E-state index < -0.39 is 0 Å². The van der Waals surface area contributed by atoms with Crippen LogP contribution in [0, 0.1) is 27.7 Å². The lowest BCUT2D eigenvalue weighted by molar-refractivity contribution is 0.716. The van der Waals surface area contributed by atoms with Gasteiger partial charge in [0.05, 0.1) is 0 Å². The Morgan fingerprint density at radius 3 is 2.15 bits per heavy atom. The molecule has 2 heteroatoms. The maximum atomic E-state index is 6.42. The molecular weight excluding hydrogens is 310 g/mol. The van der Waals surface area contributed by atoms with Crippen LogP contribution in [0.5, 0.6) is 0 Å². The van der Waals surface area contributed by atoms with Gasteiger partial charge in [0.25, 0.3) is 0 Å². The normalized spacial score (nSPS) is 12.5. The number of rotatable bonds is 3. The zero-order valence-corrected chi connectivity index (χ0v) is 14.2. The highest BCUT2D eigenvalue weighted by Crippen LogP contribution is 2.27. The lowest BCUT2D eigenvalue weighted by atomic mass is 9.94.